The number of carbonyl (C=O) groups excluding carboxylic acids is 3. The Morgan fingerprint density at radius 2 is 2.00 bits per heavy atom. The zero-order valence-corrected chi connectivity index (χ0v) is 17.2. The van der Waals surface area contributed by atoms with Crippen molar-refractivity contribution in [1.82, 2.24) is 10.2 Å². The molecule has 0 radical (unpaired) electrons. The molecule has 0 unspecified atom stereocenters. The topological polar surface area (TPSA) is 81.8 Å². The van der Waals surface area contributed by atoms with Crippen LogP contribution < -0.4 is 15.5 Å². The van der Waals surface area contributed by atoms with Gasteiger partial charge in [0, 0.05) is 43.9 Å². The quantitative estimate of drug-likeness (QED) is 0.770. The van der Waals surface area contributed by atoms with Gasteiger partial charge in [-0.05, 0) is 42.3 Å². The molecule has 0 aliphatic carbocycles. The molecule has 2 aliphatic heterocycles. The summed E-state index contributed by atoms with van der Waals surface area (Å²) in [6.45, 7) is 2.80. The van der Waals surface area contributed by atoms with Gasteiger partial charge in [0.2, 0.25) is 11.8 Å². The van der Waals surface area contributed by atoms with Gasteiger partial charge < -0.3 is 20.4 Å². The molecule has 156 valence electrons. The van der Waals surface area contributed by atoms with Crippen molar-refractivity contribution in [3.05, 3.63) is 58.6 Å². The highest BCUT2D eigenvalue weighted by Gasteiger charge is 2.21. The minimum Gasteiger partial charge on any atom is -0.359 e. The molecule has 2 saturated heterocycles. The number of rotatable bonds is 5. The third-order valence-corrected chi connectivity index (χ3v) is 5.62. The van der Waals surface area contributed by atoms with Crippen molar-refractivity contribution in [1.29, 1.82) is 0 Å². The van der Waals surface area contributed by atoms with Crippen LogP contribution in [0.5, 0.6) is 0 Å². The van der Waals surface area contributed by atoms with Gasteiger partial charge in [0.05, 0.1) is 17.3 Å². The van der Waals surface area contributed by atoms with Gasteiger partial charge in [-0.2, -0.15) is 0 Å². The Hall–Kier alpha value is -3.06. The Kier molecular flexibility index (Phi) is 5.90. The van der Waals surface area contributed by atoms with Crippen molar-refractivity contribution in [2.45, 2.75) is 19.4 Å². The van der Waals surface area contributed by atoms with E-state index in [4.69, 9.17) is 11.6 Å². The number of hydrogen-bond donors (Lipinski definition) is 2. The highest BCUT2D eigenvalue weighted by Crippen LogP contribution is 2.29. The second kappa shape index (κ2) is 8.75. The number of benzene rings is 2. The van der Waals surface area contributed by atoms with E-state index in [-0.39, 0.29) is 24.3 Å². The molecule has 0 bridgehead atoms. The Bertz CT molecular complexity index is 994. The first-order chi connectivity index (χ1) is 14.5. The third kappa shape index (κ3) is 4.57. The average molecular weight is 427 g/mol. The summed E-state index contributed by atoms with van der Waals surface area (Å²) in [5.41, 5.74) is 2.79. The number of carbonyl (C=O) groups is 3. The highest BCUT2D eigenvalue weighted by atomic mass is 35.5. The fraction of sp³-hybridized carbons (Fsp3) is 0.318. The summed E-state index contributed by atoms with van der Waals surface area (Å²) in [6.07, 6.45) is 1.48. The molecule has 8 heteroatoms. The van der Waals surface area contributed by atoms with Crippen LogP contribution in [0.25, 0.3) is 0 Å². The lowest BCUT2D eigenvalue weighted by Crippen LogP contribution is -2.47. The van der Waals surface area contributed by atoms with Gasteiger partial charge in [0.25, 0.3) is 5.91 Å². The Balaban J connectivity index is 1.43. The normalized spacial score (nSPS) is 16.6. The number of likely N-dealkylation sites (tertiary alicyclic amines) is 1. The van der Waals surface area contributed by atoms with Crippen molar-refractivity contribution in [2.24, 2.45) is 0 Å². The zero-order chi connectivity index (χ0) is 21.1. The van der Waals surface area contributed by atoms with Crippen LogP contribution in [-0.2, 0) is 16.1 Å². The molecule has 2 aromatic rings. The second-order valence-corrected chi connectivity index (χ2v) is 7.92. The van der Waals surface area contributed by atoms with Crippen LogP contribution >= 0.6 is 11.6 Å². The fourth-order valence-corrected chi connectivity index (χ4v) is 4.09. The number of nitrogens with zero attached hydrogens (tertiary/aromatic N) is 2. The summed E-state index contributed by atoms with van der Waals surface area (Å²) in [4.78, 5) is 39.9. The van der Waals surface area contributed by atoms with Crippen LogP contribution in [0.2, 0.25) is 5.02 Å². The summed E-state index contributed by atoms with van der Waals surface area (Å²) in [5, 5.41) is 6.13. The SMILES string of the molecule is O=C1CN(c2ccc(NC(=O)c3cccc(CN4CCCC4=O)c3)cc2Cl)CCN1. The molecule has 3 amide bonds. The van der Waals surface area contributed by atoms with Gasteiger partial charge in [0.15, 0.2) is 0 Å². The van der Waals surface area contributed by atoms with Crippen molar-refractivity contribution in [3.8, 4) is 0 Å². The average Bonchev–Trinajstić information content (AvgIpc) is 3.13. The van der Waals surface area contributed by atoms with E-state index in [2.05, 4.69) is 10.6 Å². The largest absolute Gasteiger partial charge is 0.359 e. The molecular weight excluding hydrogens is 404 g/mol. The molecule has 2 aliphatic rings. The first kappa shape index (κ1) is 20.2. The van der Waals surface area contributed by atoms with Gasteiger partial charge in [-0.1, -0.05) is 23.7 Å². The van der Waals surface area contributed by atoms with Gasteiger partial charge in [-0.15, -0.1) is 0 Å². The standard InChI is InChI=1S/C22H23ClN4O3/c23-18-12-17(6-7-19(18)26-10-8-24-20(28)14-26)25-22(30)16-4-1-3-15(11-16)13-27-9-2-5-21(27)29/h1,3-4,6-7,11-12H,2,5,8-10,13-14H2,(H,24,28)(H,25,30). The van der Waals surface area contributed by atoms with E-state index in [0.29, 0.717) is 42.3 Å². The van der Waals surface area contributed by atoms with Crippen LogP contribution in [0, 0.1) is 0 Å². The lowest BCUT2D eigenvalue weighted by molar-refractivity contribution is -0.128. The predicted molar refractivity (Wildman–Crippen MR) is 116 cm³/mol. The van der Waals surface area contributed by atoms with Gasteiger partial charge in [-0.25, -0.2) is 0 Å². The van der Waals surface area contributed by atoms with Crippen molar-refractivity contribution in [2.75, 3.05) is 36.4 Å². The van der Waals surface area contributed by atoms with Gasteiger partial charge in [0.1, 0.15) is 0 Å². The van der Waals surface area contributed by atoms with Crippen molar-refractivity contribution >= 4 is 40.7 Å². The lowest BCUT2D eigenvalue weighted by Gasteiger charge is -2.29. The molecule has 0 spiro atoms. The highest BCUT2D eigenvalue weighted by molar-refractivity contribution is 6.33. The minimum absolute atomic E-state index is 0.0368. The van der Waals surface area contributed by atoms with Crippen LogP contribution in [0.3, 0.4) is 0 Å². The molecule has 2 aromatic carbocycles. The molecule has 2 N–H and O–H groups in total. The first-order valence-corrected chi connectivity index (χ1v) is 10.4. The fourth-order valence-electron chi connectivity index (χ4n) is 3.79. The zero-order valence-electron chi connectivity index (χ0n) is 16.5. The van der Waals surface area contributed by atoms with Crippen LogP contribution in [0.1, 0.15) is 28.8 Å². The molecule has 7 nitrogen and oxygen atoms in total. The van der Waals surface area contributed by atoms with Crippen LogP contribution in [0.15, 0.2) is 42.5 Å². The van der Waals surface area contributed by atoms with E-state index in [1.54, 1.807) is 18.2 Å². The van der Waals surface area contributed by atoms with Crippen molar-refractivity contribution in [3.63, 3.8) is 0 Å². The molecule has 30 heavy (non-hydrogen) atoms. The summed E-state index contributed by atoms with van der Waals surface area (Å²) in [7, 11) is 0. The molecule has 0 aromatic heterocycles. The number of anilines is 2. The monoisotopic (exact) mass is 426 g/mol. The van der Waals surface area contributed by atoms with E-state index < -0.39 is 0 Å². The Morgan fingerprint density at radius 3 is 2.73 bits per heavy atom. The van der Waals surface area contributed by atoms with E-state index in [1.165, 1.54) is 0 Å². The maximum atomic E-state index is 12.7. The lowest BCUT2D eigenvalue weighted by atomic mass is 10.1. The van der Waals surface area contributed by atoms with Gasteiger partial charge >= 0.3 is 0 Å². The summed E-state index contributed by atoms with van der Waals surface area (Å²) in [5.74, 6) is -0.123. The molecule has 0 saturated carbocycles. The van der Waals surface area contributed by atoms with Crippen LogP contribution in [-0.4, -0.2) is 48.8 Å². The molecule has 2 heterocycles. The minimum atomic E-state index is -0.245. The molecule has 4 rings (SSSR count). The molecular formula is C22H23ClN4O3. The number of piperazine rings is 1. The second-order valence-electron chi connectivity index (χ2n) is 7.51. The Labute approximate surface area is 180 Å². The third-order valence-electron chi connectivity index (χ3n) is 5.32. The molecule has 0 atom stereocenters. The number of amides is 3. The summed E-state index contributed by atoms with van der Waals surface area (Å²) < 4.78 is 0. The van der Waals surface area contributed by atoms with E-state index in [9.17, 15) is 14.4 Å². The van der Waals surface area contributed by atoms with Crippen LogP contribution in [0.4, 0.5) is 11.4 Å². The smallest absolute Gasteiger partial charge is 0.255 e. The number of halogens is 1. The number of hydrogen-bond acceptors (Lipinski definition) is 4. The summed E-state index contributed by atoms with van der Waals surface area (Å²) >= 11 is 6.41. The molecule has 2 fully saturated rings. The predicted octanol–water partition coefficient (Wildman–Crippen LogP) is 2.65. The van der Waals surface area contributed by atoms with Crippen molar-refractivity contribution < 1.29 is 14.4 Å². The Morgan fingerprint density at radius 1 is 1.13 bits per heavy atom. The first-order valence-electron chi connectivity index (χ1n) is 9.99. The van der Waals surface area contributed by atoms with E-state index in [1.807, 2.05) is 34.1 Å². The van der Waals surface area contributed by atoms with E-state index in [0.717, 1.165) is 24.2 Å². The van der Waals surface area contributed by atoms with Gasteiger partial charge in [-0.3, -0.25) is 14.4 Å². The maximum Gasteiger partial charge on any atom is 0.255 e. The number of nitrogens with one attached hydrogen (secondary N) is 2. The summed E-state index contributed by atoms with van der Waals surface area (Å²) in [6, 6.07) is 12.6. The maximum absolute atomic E-state index is 12.7. The van der Waals surface area contributed by atoms with E-state index >= 15 is 0 Å².